The standard InChI is InChI=1S/C29H31N3O3S/c1-35-23-12-7-11-22(18-23)32(27(33)17-20-19-30-25-14-6-5-13-24(20)25)28(26-15-8-16-36-26)29(34)31-21-9-3-2-4-10-21/h5-8,11-16,18-19,21,28,30H,2-4,9-10,17H2,1H3,(H,31,34)/t28-/m1/s1. The number of nitrogens with one attached hydrogen (secondary N) is 2. The van der Waals surface area contributed by atoms with Crippen LogP contribution in [-0.4, -0.2) is 29.9 Å². The first-order valence-electron chi connectivity index (χ1n) is 12.5. The third kappa shape index (κ3) is 5.16. The zero-order valence-corrected chi connectivity index (χ0v) is 21.2. The van der Waals surface area contributed by atoms with Crippen molar-refractivity contribution < 1.29 is 14.3 Å². The number of ether oxygens (including phenoxy) is 1. The third-order valence-electron chi connectivity index (χ3n) is 6.89. The highest BCUT2D eigenvalue weighted by Gasteiger charge is 2.35. The molecule has 6 nitrogen and oxygen atoms in total. The van der Waals surface area contributed by atoms with E-state index in [0.29, 0.717) is 11.4 Å². The van der Waals surface area contributed by atoms with E-state index in [4.69, 9.17) is 4.74 Å². The second kappa shape index (κ2) is 11.0. The number of amides is 2. The Balaban J connectivity index is 1.53. The number of carbonyl (C=O) groups is 2. The summed E-state index contributed by atoms with van der Waals surface area (Å²) >= 11 is 1.49. The molecule has 0 unspecified atom stereocenters. The largest absolute Gasteiger partial charge is 0.497 e. The summed E-state index contributed by atoms with van der Waals surface area (Å²) in [7, 11) is 1.60. The lowest BCUT2D eigenvalue weighted by Gasteiger charge is -2.33. The Bertz CT molecular complexity index is 1320. The molecule has 5 rings (SSSR count). The normalized spacial score (nSPS) is 14.9. The van der Waals surface area contributed by atoms with Crippen molar-refractivity contribution >= 4 is 39.7 Å². The highest BCUT2D eigenvalue weighted by Crippen LogP contribution is 2.34. The van der Waals surface area contributed by atoms with Gasteiger partial charge in [-0.05, 0) is 48.1 Å². The maximum Gasteiger partial charge on any atom is 0.248 e. The Morgan fingerprint density at radius 1 is 1.08 bits per heavy atom. The van der Waals surface area contributed by atoms with Gasteiger partial charge in [-0.1, -0.05) is 49.6 Å². The van der Waals surface area contributed by atoms with Gasteiger partial charge >= 0.3 is 0 Å². The first-order valence-corrected chi connectivity index (χ1v) is 13.4. The van der Waals surface area contributed by atoms with Crippen LogP contribution >= 0.6 is 11.3 Å². The molecule has 0 aliphatic heterocycles. The lowest BCUT2D eigenvalue weighted by atomic mass is 9.95. The Kier molecular flexibility index (Phi) is 7.37. The summed E-state index contributed by atoms with van der Waals surface area (Å²) in [5, 5.41) is 6.22. The number of aromatic amines is 1. The lowest BCUT2D eigenvalue weighted by Crippen LogP contribution is -2.47. The van der Waals surface area contributed by atoms with Crippen molar-refractivity contribution in [2.45, 2.75) is 50.6 Å². The van der Waals surface area contributed by atoms with E-state index in [2.05, 4.69) is 10.3 Å². The minimum absolute atomic E-state index is 0.139. The minimum Gasteiger partial charge on any atom is -0.497 e. The van der Waals surface area contributed by atoms with Crippen molar-refractivity contribution in [3.63, 3.8) is 0 Å². The topological polar surface area (TPSA) is 74.4 Å². The molecule has 186 valence electrons. The summed E-state index contributed by atoms with van der Waals surface area (Å²) in [5.41, 5.74) is 2.52. The van der Waals surface area contributed by atoms with E-state index in [1.165, 1.54) is 17.8 Å². The minimum atomic E-state index is -0.767. The molecule has 2 N–H and O–H groups in total. The van der Waals surface area contributed by atoms with E-state index in [1.54, 1.807) is 12.0 Å². The number of aromatic nitrogens is 1. The summed E-state index contributed by atoms with van der Waals surface area (Å²) in [6.45, 7) is 0. The van der Waals surface area contributed by atoms with Gasteiger partial charge in [0.15, 0.2) is 0 Å². The summed E-state index contributed by atoms with van der Waals surface area (Å²) < 4.78 is 5.46. The van der Waals surface area contributed by atoms with Crippen LogP contribution in [0.5, 0.6) is 5.75 Å². The lowest BCUT2D eigenvalue weighted by molar-refractivity contribution is -0.127. The Morgan fingerprint density at radius 2 is 1.92 bits per heavy atom. The van der Waals surface area contributed by atoms with Gasteiger partial charge in [0.2, 0.25) is 11.8 Å². The number of H-pyrrole nitrogens is 1. The van der Waals surface area contributed by atoms with Gasteiger partial charge in [-0.2, -0.15) is 0 Å². The maximum atomic E-state index is 14.1. The van der Waals surface area contributed by atoms with Crippen LogP contribution in [0.4, 0.5) is 5.69 Å². The van der Waals surface area contributed by atoms with Gasteiger partial charge in [0.1, 0.15) is 11.8 Å². The molecular formula is C29H31N3O3S. The molecule has 0 saturated heterocycles. The van der Waals surface area contributed by atoms with Crippen LogP contribution in [0.1, 0.15) is 48.6 Å². The zero-order chi connectivity index (χ0) is 24.9. The van der Waals surface area contributed by atoms with Crippen molar-refractivity contribution in [2.24, 2.45) is 0 Å². The van der Waals surface area contributed by atoms with Crippen LogP contribution in [0.3, 0.4) is 0 Å². The van der Waals surface area contributed by atoms with Gasteiger partial charge in [-0.3, -0.25) is 14.5 Å². The number of hydrogen-bond acceptors (Lipinski definition) is 4. The molecule has 1 saturated carbocycles. The fourth-order valence-corrected chi connectivity index (χ4v) is 5.88. The van der Waals surface area contributed by atoms with Crippen molar-refractivity contribution in [1.82, 2.24) is 10.3 Å². The van der Waals surface area contributed by atoms with Crippen molar-refractivity contribution in [2.75, 3.05) is 12.0 Å². The number of fused-ring (bicyclic) bond motifs is 1. The van der Waals surface area contributed by atoms with E-state index in [9.17, 15) is 9.59 Å². The van der Waals surface area contributed by atoms with Crippen LogP contribution < -0.4 is 15.0 Å². The smallest absolute Gasteiger partial charge is 0.248 e. The number of benzene rings is 2. The molecule has 0 radical (unpaired) electrons. The molecule has 0 spiro atoms. The molecule has 4 aromatic rings. The van der Waals surface area contributed by atoms with Gasteiger partial charge in [0.25, 0.3) is 0 Å². The molecule has 1 aliphatic carbocycles. The van der Waals surface area contributed by atoms with Gasteiger partial charge in [0.05, 0.1) is 13.5 Å². The molecule has 2 aromatic carbocycles. The summed E-state index contributed by atoms with van der Waals surface area (Å²) in [4.78, 5) is 33.7. The van der Waals surface area contributed by atoms with Crippen LogP contribution in [0.25, 0.3) is 10.9 Å². The Morgan fingerprint density at radius 3 is 2.69 bits per heavy atom. The van der Waals surface area contributed by atoms with Crippen molar-refractivity contribution in [3.8, 4) is 5.75 Å². The first kappa shape index (κ1) is 24.1. The number of anilines is 1. The Labute approximate surface area is 215 Å². The molecule has 2 amide bonds. The first-order chi connectivity index (χ1) is 17.6. The summed E-state index contributed by atoms with van der Waals surface area (Å²) in [5.74, 6) is 0.347. The van der Waals surface area contributed by atoms with Gasteiger partial charge in [0, 0.05) is 39.8 Å². The second-order valence-electron chi connectivity index (χ2n) is 9.26. The predicted octanol–water partition coefficient (Wildman–Crippen LogP) is 6.00. The molecule has 0 bridgehead atoms. The fourth-order valence-electron chi connectivity index (χ4n) is 5.07. The number of hydrogen-bond donors (Lipinski definition) is 2. The van der Waals surface area contributed by atoms with Crippen LogP contribution in [0.15, 0.2) is 72.2 Å². The SMILES string of the molecule is COc1cccc(N(C(=O)Cc2c[nH]c3ccccc23)[C@@H](C(=O)NC2CCCCC2)c2cccs2)c1. The van der Waals surface area contributed by atoms with Gasteiger partial charge in [-0.25, -0.2) is 0 Å². The highest BCUT2D eigenvalue weighted by molar-refractivity contribution is 7.10. The van der Waals surface area contributed by atoms with Crippen LogP contribution in [0, 0.1) is 0 Å². The molecule has 1 atom stereocenters. The monoisotopic (exact) mass is 501 g/mol. The number of thiophene rings is 1. The average Bonchev–Trinajstić information content (AvgIpc) is 3.58. The van der Waals surface area contributed by atoms with Crippen LogP contribution in [0.2, 0.25) is 0 Å². The summed E-state index contributed by atoms with van der Waals surface area (Å²) in [6.07, 6.45) is 7.45. The van der Waals surface area contributed by atoms with Crippen molar-refractivity contribution in [1.29, 1.82) is 0 Å². The van der Waals surface area contributed by atoms with E-state index in [-0.39, 0.29) is 24.3 Å². The molecule has 2 aromatic heterocycles. The molecule has 1 fully saturated rings. The number of nitrogens with zero attached hydrogens (tertiary/aromatic N) is 1. The van der Waals surface area contributed by atoms with Crippen molar-refractivity contribution in [3.05, 3.63) is 82.7 Å². The molecule has 2 heterocycles. The van der Waals surface area contributed by atoms with Gasteiger partial charge in [-0.15, -0.1) is 11.3 Å². The quantitative estimate of drug-likeness (QED) is 0.311. The predicted molar refractivity (Wildman–Crippen MR) is 145 cm³/mol. The van der Waals surface area contributed by atoms with Gasteiger partial charge < -0.3 is 15.0 Å². The number of carbonyl (C=O) groups excluding carboxylic acids is 2. The highest BCUT2D eigenvalue weighted by atomic mass is 32.1. The van der Waals surface area contributed by atoms with E-state index in [1.807, 2.05) is 72.2 Å². The zero-order valence-electron chi connectivity index (χ0n) is 20.4. The number of methoxy groups -OCH3 is 1. The Hall–Kier alpha value is -3.58. The van der Waals surface area contributed by atoms with E-state index >= 15 is 0 Å². The second-order valence-corrected chi connectivity index (χ2v) is 10.2. The molecule has 36 heavy (non-hydrogen) atoms. The molecular weight excluding hydrogens is 470 g/mol. The molecule has 7 heteroatoms. The third-order valence-corrected chi connectivity index (χ3v) is 7.81. The fraction of sp³-hybridized carbons (Fsp3) is 0.310. The number of para-hydroxylation sites is 1. The molecule has 1 aliphatic rings. The van der Waals surface area contributed by atoms with Crippen LogP contribution in [-0.2, 0) is 16.0 Å². The number of rotatable bonds is 8. The van der Waals surface area contributed by atoms with E-state index < -0.39 is 6.04 Å². The van der Waals surface area contributed by atoms with E-state index in [0.717, 1.165) is 47.0 Å². The maximum absolute atomic E-state index is 14.1. The average molecular weight is 502 g/mol. The summed E-state index contributed by atoms with van der Waals surface area (Å²) in [6, 6.07) is 18.6.